The third-order valence-electron chi connectivity index (χ3n) is 6.62. The zero-order valence-corrected chi connectivity index (χ0v) is 13.2. The number of amides is 1. The maximum atomic E-state index is 12.4. The van der Waals surface area contributed by atoms with Crippen LogP contribution in [0.15, 0.2) is 35.9 Å². The molecule has 3 heterocycles. The smallest absolute Gasteiger partial charge is 0.224 e. The second-order valence-electron chi connectivity index (χ2n) is 7.35. The monoisotopic (exact) mass is 294 g/mol. The fourth-order valence-corrected chi connectivity index (χ4v) is 5.95. The van der Waals surface area contributed by atoms with Crippen LogP contribution in [0.5, 0.6) is 0 Å². The molecular weight excluding hydrogens is 272 g/mol. The first-order chi connectivity index (χ1) is 10.7. The fourth-order valence-electron chi connectivity index (χ4n) is 5.95. The van der Waals surface area contributed by atoms with E-state index in [4.69, 9.17) is 0 Å². The average Bonchev–Trinajstić information content (AvgIpc) is 2.76. The highest BCUT2D eigenvalue weighted by molar-refractivity contribution is 5.96. The summed E-state index contributed by atoms with van der Waals surface area (Å²) in [7, 11) is 0. The summed E-state index contributed by atoms with van der Waals surface area (Å²) in [6.07, 6.45) is 4.75. The molecule has 2 saturated heterocycles. The van der Waals surface area contributed by atoms with Gasteiger partial charge in [-0.05, 0) is 43.9 Å². The zero-order valence-electron chi connectivity index (χ0n) is 13.2. The summed E-state index contributed by atoms with van der Waals surface area (Å²) >= 11 is 0. The van der Waals surface area contributed by atoms with E-state index in [0.717, 1.165) is 13.0 Å². The van der Waals surface area contributed by atoms with Crippen LogP contribution in [-0.2, 0) is 10.2 Å². The molecule has 1 amide bonds. The largest absolute Gasteiger partial charge is 0.308 e. The van der Waals surface area contributed by atoms with Crippen LogP contribution in [0.3, 0.4) is 0 Å². The van der Waals surface area contributed by atoms with Crippen LogP contribution >= 0.6 is 0 Å². The molecule has 0 N–H and O–H groups in total. The number of rotatable bonds is 0. The Bertz CT molecular complexity index is 709. The number of benzene rings is 1. The van der Waals surface area contributed by atoms with Gasteiger partial charge in [0.25, 0.3) is 0 Å². The summed E-state index contributed by atoms with van der Waals surface area (Å²) in [6, 6.07) is 9.51. The maximum absolute atomic E-state index is 12.4. The number of anilines is 1. The molecule has 22 heavy (non-hydrogen) atoms. The van der Waals surface area contributed by atoms with Gasteiger partial charge in [-0.2, -0.15) is 0 Å². The molecule has 3 fully saturated rings. The summed E-state index contributed by atoms with van der Waals surface area (Å²) < 4.78 is 0. The van der Waals surface area contributed by atoms with E-state index in [0.29, 0.717) is 18.0 Å². The van der Waals surface area contributed by atoms with Crippen molar-refractivity contribution in [1.82, 2.24) is 4.90 Å². The number of hydrogen-bond acceptors (Lipinski definition) is 2. The van der Waals surface area contributed by atoms with E-state index in [9.17, 15) is 4.79 Å². The lowest BCUT2D eigenvalue weighted by molar-refractivity contribution is -0.119. The van der Waals surface area contributed by atoms with Gasteiger partial charge in [0.15, 0.2) is 0 Å². The zero-order chi connectivity index (χ0) is 15.1. The van der Waals surface area contributed by atoms with Crippen LogP contribution in [0.25, 0.3) is 0 Å². The number of piperidine rings is 1. The molecule has 1 saturated carbocycles. The maximum Gasteiger partial charge on any atom is 0.224 e. The SMILES string of the molecule is C/C=C1\[C@H]2CCN3C[C@@]4(c5ccccc5N(C(C)=O)[C@H]4C2)[C@H]13. The summed E-state index contributed by atoms with van der Waals surface area (Å²) in [5.41, 5.74) is 4.37. The van der Waals surface area contributed by atoms with E-state index in [1.165, 1.54) is 24.2 Å². The van der Waals surface area contributed by atoms with Crippen LogP contribution < -0.4 is 4.90 Å². The van der Waals surface area contributed by atoms with Crippen molar-refractivity contribution < 1.29 is 4.79 Å². The van der Waals surface area contributed by atoms with Gasteiger partial charge in [0, 0.05) is 25.2 Å². The quantitative estimate of drug-likeness (QED) is 0.687. The first kappa shape index (κ1) is 12.9. The summed E-state index contributed by atoms with van der Waals surface area (Å²) in [6.45, 7) is 6.27. The van der Waals surface area contributed by atoms with E-state index in [1.54, 1.807) is 12.5 Å². The minimum absolute atomic E-state index is 0.154. The number of allylic oxidation sites excluding steroid dienone is 1. The van der Waals surface area contributed by atoms with Crippen LogP contribution in [0.4, 0.5) is 5.69 Å². The molecule has 114 valence electrons. The minimum atomic E-state index is 0.154. The predicted molar refractivity (Wildman–Crippen MR) is 86.9 cm³/mol. The van der Waals surface area contributed by atoms with Gasteiger partial charge in [0.05, 0.1) is 11.5 Å². The molecule has 0 radical (unpaired) electrons. The molecule has 4 atom stereocenters. The fraction of sp³-hybridized carbons (Fsp3) is 0.526. The van der Waals surface area contributed by atoms with E-state index >= 15 is 0 Å². The number of nitrogens with zero attached hydrogens (tertiary/aromatic N) is 2. The topological polar surface area (TPSA) is 23.6 Å². The first-order valence-corrected chi connectivity index (χ1v) is 8.48. The predicted octanol–water partition coefficient (Wildman–Crippen LogP) is 2.71. The molecule has 1 spiro atoms. The van der Waals surface area contributed by atoms with E-state index in [-0.39, 0.29) is 11.3 Å². The minimum Gasteiger partial charge on any atom is -0.308 e. The lowest BCUT2D eigenvalue weighted by Crippen LogP contribution is -2.77. The van der Waals surface area contributed by atoms with Crippen molar-refractivity contribution in [3.8, 4) is 0 Å². The summed E-state index contributed by atoms with van der Waals surface area (Å²) in [5, 5.41) is 0. The molecule has 5 rings (SSSR count). The highest BCUT2D eigenvalue weighted by atomic mass is 16.2. The van der Waals surface area contributed by atoms with Crippen molar-refractivity contribution in [2.24, 2.45) is 5.92 Å². The molecule has 3 nitrogen and oxygen atoms in total. The highest BCUT2D eigenvalue weighted by Crippen LogP contribution is 2.63. The molecule has 0 aromatic heterocycles. The Morgan fingerprint density at radius 1 is 1.36 bits per heavy atom. The van der Waals surface area contributed by atoms with Crippen molar-refractivity contribution in [3.05, 3.63) is 41.5 Å². The number of carbonyl (C=O) groups excluding carboxylic acids is 1. The van der Waals surface area contributed by atoms with Crippen molar-refractivity contribution in [1.29, 1.82) is 0 Å². The Morgan fingerprint density at radius 2 is 2.18 bits per heavy atom. The van der Waals surface area contributed by atoms with Crippen LogP contribution in [0.2, 0.25) is 0 Å². The highest BCUT2D eigenvalue weighted by Gasteiger charge is 2.69. The van der Waals surface area contributed by atoms with Gasteiger partial charge in [0.2, 0.25) is 5.91 Å². The Morgan fingerprint density at radius 3 is 2.95 bits per heavy atom. The van der Waals surface area contributed by atoms with E-state index in [1.807, 2.05) is 0 Å². The average molecular weight is 294 g/mol. The van der Waals surface area contributed by atoms with Gasteiger partial charge in [-0.15, -0.1) is 0 Å². The third kappa shape index (κ3) is 1.22. The lowest BCUT2D eigenvalue weighted by atomic mass is 9.52. The molecule has 1 aromatic carbocycles. The summed E-state index contributed by atoms with van der Waals surface area (Å²) in [5.74, 6) is 0.871. The molecule has 3 heteroatoms. The van der Waals surface area contributed by atoms with Gasteiger partial charge in [-0.1, -0.05) is 29.8 Å². The molecule has 2 bridgehead atoms. The molecule has 1 aliphatic carbocycles. The number of carbonyl (C=O) groups is 1. The second kappa shape index (κ2) is 4.02. The van der Waals surface area contributed by atoms with Gasteiger partial charge in [-0.3, -0.25) is 9.69 Å². The van der Waals surface area contributed by atoms with Crippen molar-refractivity contribution in [2.45, 2.75) is 44.2 Å². The Balaban J connectivity index is 1.75. The molecule has 1 aromatic rings. The molecule has 4 aliphatic rings. The van der Waals surface area contributed by atoms with Gasteiger partial charge < -0.3 is 4.90 Å². The summed E-state index contributed by atoms with van der Waals surface area (Å²) in [4.78, 5) is 17.1. The second-order valence-corrected chi connectivity index (χ2v) is 7.35. The number of hydrogen-bond donors (Lipinski definition) is 0. The van der Waals surface area contributed by atoms with Crippen molar-refractivity contribution in [3.63, 3.8) is 0 Å². The normalized spacial score (nSPS) is 40.2. The first-order valence-electron chi connectivity index (χ1n) is 8.48. The molecule has 3 aliphatic heterocycles. The van der Waals surface area contributed by atoms with Crippen LogP contribution in [-0.4, -0.2) is 36.0 Å². The third-order valence-corrected chi connectivity index (χ3v) is 6.62. The molecule has 0 unspecified atom stereocenters. The van der Waals surface area contributed by atoms with E-state index in [2.05, 4.69) is 47.1 Å². The Kier molecular flexibility index (Phi) is 2.35. The Hall–Kier alpha value is -1.61. The van der Waals surface area contributed by atoms with Gasteiger partial charge in [-0.25, -0.2) is 0 Å². The van der Waals surface area contributed by atoms with Gasteiger partial charge >= 0.3 is 0 Å². The van der Waals surface area contributed by atoms with Crippen molar-refractivity contribution >= 4 is 11.6 Å². The van der Waals surface area contributed by atoms with Crippen molar-refractivity contribution in [2.75, 3.05) is 18.0 Å². The standard InChI is InChI=1S/C19H22N2O/c1-3-14-13-8-9-20-11-19(18(14)20)15-6-4-5-7-16(15)21(12(2)22)17(19)10-13/h3-7,13,17-18H,8-11H2,1-2H3/b14-3+/t13-,17-,18-,19-/m0/s1. The molecular formula is C19H22N2O. The van der Waals surface area contributed by atoms with Gasteiger partial charge in [0.1, 0.15) is 0 Å². The van der Waals surface area contributed by atoms with Crippen LogP contribution in [0, 0.1) is 5.92 Å². The number of para-hydroxylation sites is 1. The Labute approximate surface area is 131 Å². The number of fused-ring (bicyclic) bond motifs is 2. The van der Waals surface area contributed by atoms with E-state index < -0.39 is 0 Å². The van der Waals surface area contributed by atoms with Crippen LogP contribution in [0.1, 0.15) is 32.3 Å². The lowest BCUT2D eigenvalue weighted by Gasteiger charge is -2.67.